The Hall–Kier alpha value is -1.39. The third-order valence-electron chi connectivity index (χ3n) is 4.37. The van der Waals surface area contributed by atoms with Crippen LogP contribution in [-0.2, 0) is 11.3 Å². The Morgan fingerprint density at radius 3 is 2.90 bits per heavy atom. The van der Waals surface area contributed by atoms with Crippen molar-refractivity contribution >= 4 is 5.91 Å². The van der Waals surface area contributed by atoms with E-state index in [9.17, 15) is 4.79 Å². The predicted octanol–water partition coefficient (Wildman–Crippen LogP) is 1.64. The number of benzene rings is 1. The van der Waals surface area contributed by atoms with Crippen molar-refractivity contribution in [3.05, 3.63) is 35.4 Å². The Labute approximate surface area is 128 Å². The van der Waals surface area contributed by atoms with Gasteiger partial charge < -0.3 is 10.2 Å². The Kier molecular flexibility index (Phi) is 5.76. The molecule has 0 bridgehead atoms. The lowest BCUT2D eigenvalue weighted by Gasteiger charge is -2.33. The first kappa shape index (κ1) is 16.0. The minimum Gasteiger partial charge on any atom is -0.340 e. The van der Waals surface area contributed by atoms with Gasteiger partial charge in [-0.3, -0.25) is 9.69 Å². The molecule has 1 saturated heterocycles. The topological polar surface area (TPSA) is 35.6 Å². The molecule has 21 heavy (non-hydrogen) atoms. The van der Waals surface area contributed by atoms with Crippen molar-refractivity contribution in [2.75, 3.05) is 33.7 Å². The van der Waals surface area contributed by atoms with Gasteiger partial charge in [0, 0.05) is 26.2 Å². The molecular formula is C17H27N3O. The first-order valence-corrected chi connectivity index (χ1v) is 7.78. The van der Waals surface area contributed by atoms with E-state index in [-0.39, 0.29) is 5.91 Å². The Balaban J connectivity index is 1.86. The largest absolute Gasteiger partial charge is 0.340 e. The van der Waals surface area contributed by atoms with Crippen molar-refractivity contribution < 1.29 is 4.79 Å². The molecule has 2 rings (SSSR count). The molecule has 1 fully saturated rings. The Morgan fingerprint density at radius 2 is 2.19 bits per heavy atom. The fourth-order valence-electron chi connectivity index (χ4n) is 2.88. The van der Waals surface area contributed by atoms with Crippen LogP contribution in [-0.4, -0.2) is 55.5 Å². The summed E-state index contributed by atoms with van der Waals surface area (Å²) in [6, 6.07) is 8.77. The monoisotopic (exact) mass is 289 g/mol. The second-order valence-corrected chi connectivity index (χ2v) is 6.04. The SMILES string of the molecule is CNC1CCCN(CC(=O)N(C)Cc2ccccc2C)C1. The summed E-state index contributed by atoms with van der Waals surface area (Å²) in [5, 5.41) is 3.32. The summed E-state index contributed by atoms with van der Waals surface area (Å²) in [7, 11) is 3.90. The van der Waals surface area contributed by atoms with Crippen LogP contribution in [0.4, 0.5) is 0 Å². The standard InChI is InChI=1S/C17H27N3O/c1-14-7-4-5-8-15(14)11-19(3)17(21)13-20-10-6-9-16(12-20)18-2/h4-5,7-8,16,18H,6,9-13H2,1-3H3. The first-order valence-electron chi connectivity index (χ1n) is 7.78. The Bertz CT molecular complexity index is 475. The summed E-state index contributed by atoms with van der Waals surface area (Å²) in [5.74, 6) is 0.204. The predicted molar refractivity (Wildman–Crippen MR) is 86.2 cm³/mol. The zero-order valence-electron chi connectivity index (χ0n) is 13.4. The molecule has 1 aliphatic heterocycles. The van der Waals surface area contributed by atoms with E-state index in [0.29, 0.717) is 19.1 Å². The van der Waals surface area contributed by atoms with Gasteiger partial charge in [0.15, 0.2) is 0 Å². The fourth-order valence-corrected chi connectivity index (χ4v) is 2.88. The highest BCUT2D eigenvalue weighted by Gasteiger charge is 2.21. The molecule has 0 radical (unpaired) electrons. The van der Waals surface area contributed by atoms with Gasteiger partial charge in [0.25, 0.3) is 0 Å². The van der Waals surface area contributed by atoms with Crippen LogP contribution in [0.15, 0.2) is 24.3 Å². The average Bonchev–Trinajstić information content (AvgIpc) is 2.49. The lowest BCUT2D eigenvalue weighted by Crippen LogP contribution is -2.48. The number of amides is 1. The molecule has 0 spiro atoms. The molecule has 1 unspecified atom stereocenters. The number of likely N-dealkylation sites (N-methyl/N-ethyl adjacent to an activating group) is 2. The lowest BCUT2D eigenvalue weighted by molar-refractivity contribution is -0.132. The number of piperidine rings is 1. The van der Waals surface area contributed by atoms with Crippen molar-refractivity contribution in [1.82, 2.24) is 15.1 Å². The molecular weight excluding hydrogens is 262 g/mol. The normalized spacial score (nSPS) is 19.5. The number of likely N-dealkylation sites (tertiary alicyclic amines) is 1. The number of nitrogens with one attached hydrogen (secondary N) is 1. The van der Waals surface area contributed by atoms with E-state index in [2.05, 4.69) is 29.3 Å². The van der Waals surface area contributed by atoms with Crippen molar-refractivity contribution in [2.24, 2.45) is 0 Å². The lowest BCUT2D eigenvalue weighted by atomic mass is 10.1. The van der Waals surface area contributed by atoms with Gasteiger partial charge in [-0.1, -0.05) is 24.3 Å². The number of nitrogens with zero attached hydrogens (tertiary/aromatic N) is 2. The summed E-state index contributed by atoms with van der Waals surface area (Å²) >= 11 is 0. The van der Waals surface area contributed by atoms with Gasteiger partial charge in [0.05, 0.1) is 6.54 Å². The molecule has 1 N–H and O–H groups in total. The second-order valence-electron chi connectivity index (χ2n) is 6.04. The van der Waals surface area contributed by atoms with Crippen LogP contribution >= 0.6 is 0 Å². The van der Waals surface area contributed by atoms with Gasteiger partial charge in [0.2, 0.25) is 5.91 Å². The summed E-state index contributed by atoms with van der Waals surface area (Å²) in [6.45, 7) is 5.31. The zero-order valence-corrected chi connectivity index (χ0v) is 13.4. The van der Waals surface area contributed by atoms with Crippen molar-refractivity contribution in [1.29, 1.82) is 0 Å². The summed E-state index contributed by atoms with van der Waals surface area (Å²) in [6.07, 6.45) is 2.38. The van der Waals surface area contributed by atoms with Crippen molar-refractivity contribution in [3.63, 3.8) is 0 Å². The number of rotatable bonds is 5. The molecule has 4 nitrogen and oxygen atoms in total. The maximum Gasteiger partial charge on any atom is 0.236 e. The van der Waals surface area contributed by atoms with Crippen LogP contribution in [0.2, 0.25) is 0 Å². The average molecular weight is 289 g/mol. The van der Waals surface area contributed by atoms with Crippen LogP contribution in [0, 0.1) is 6.92 Å². The minimum atomic E-state index is 0.204. The summed E-state index contributed by atoms with van der Waals surface area (Å²) < 4.78 is 0. The molecule has 1 aliphatic rings. The highest BCUT2D eigenvalue weighted by atomic mass is 16.2. The van der Waals surface area contributed by atoms with E-state index in [4.69, 9.17) is 0 Å². The zero-order chi connectivity index (χ0) is 15.2. The number of hydrogen-bond acceptors (Lipinski definition) is 3. The molecule has 0 aromatic heterocycles. The third kappa shape index (κ3) is 4.55. The first-order chi connectivity index (χ1) is 10.1. The van der Waals surface area contributed by atoms with E-state index >= 15 is 0 Å². The van der Waals surface area contributed by atoms with Gasteiger partial charge in [-0.15, -0.1) is 0 Å². The van der Waals surface area contributed by atoms with Gasteiger partial charge in [-0.25, -0.2) is 0 Å². The maximum absolute atomic E-state index is 12.4. The van der Waals surface area contributed by atoms with Crippen LogP contribution in [0.5, 0.6) is 0 Å². The van der Waals surface area contributed by atoms with Gasteiger partial charge >= 0.3 is 0 Å². The van der Waals surface area contributed by atoms with E-state index in [0.717, 1.165) is 13.1 Å². The minimum absolute atomic E-state index is 0.204. The number of hydrogen-bond donors (Lipinski definition) is 1. The van der Waals surface area contributed by atoms with Gasteiger partial charge in [-0.2, -0.15) is 0 Å². The molecule has 0 saturated carbocycles. The van der Waals surface area contributed by atoms with Crippen LogP contribution in [0.25, 0.3) is 0 Å². The molecule has 1 atom stereocenters. The molecule has 116 valence electrons. The fraction of sp³-hybridized carbons (Fsp3) is 0.588. The molecule has 1 heterocycles. The molecule has 0 aliphatic carbocycles. The second kappa shape index (κ2) is 7.57. The van der Waals surface area contributed by atoms with Gasteiger partial charge in [-0.05, 0) is 44.5 Å². The quantitative estimate of drug-likeness (QED) is 0.895. The van der Waals surface area contributed by atoms with Crippen LogP contribution in [0.3, 0.4) is 0 Å². The van der Waals surface area contributed by atoms with E-state index < -0.39 is 0 Å². The molecule has 4 heteroatoms. The molecule has 1 amide bonds. The Morgan fingerprint density at radius 1 is 1.43 bits per heavy atom. The highest BCUT2D eigenvalue weighted by molar-refractivity contribution is 5.78. The summed E-state index contributed by atoms with van der Waals surface area (Å²) in [4.78, 5) is 16.5. The van der Waals surface area contributed by atoms with Crippen LogP contribution in [0.1, 0.15) is 24.0 Å². The number of carbonyl (C=O) groups excluding carboxylic acids is 1. The number of carbonyl (C=O) groups is 1. The van der Waals surface area contributed by atoms with E-state index in [1.54, 1.807) is 0 Å². The van der Waals surface area contributed by atoms with Crippen LogP contribution < -0.4 is 5.32 Å². The van der Waals surface area contributed by atoms with E-state index in [1.807, 2.05) is 31.1 Å². The highest BCUT2D eigenvalue weighted by Crippen LogP contribution is 2.12. The summed E-state index contributed by atoms with van der Waals surface area (Å²) in [5.41, 5.74) is 2.46. The maximum atomic E-state index is 12.4. The van der Waals surface area contributed by atoms with E-state index in [1.165, 1.54) is 24.0 Å². The van der Waals surface area contributed by atoms with Gasteiger partial charge in [0.1, 0.15) is 0 Å². The number of aryl methyl sites for hydroxylation is 1. The van der Waals surface area contributed by atoms with Crippen molar-refractivity contribution in [3.8, 4) is 0 Å². The van der Waals surface area contributed by atoms with Crippen molar-refractivity contribution in [2.45, 2.75) is 32.4 Å². The molecule has 1 aromatic carbocycles. The third-order valence-corrected chi connectivity index (χ3v) is 4.37. The smallest absolute Gasteiger partial charge is 0.236 e. The molecule has 1 aromatic rings.